The third kappa shape index (κ3) is 3.02. The molecule has 0 aromatic carbocycles. The Hall–Kier alpha value is -0.525. The van der Waals surface area contributed by atoms with Gasteiger partial charge in [0.05, 0.1) is 6.07 Å². The minimum absolute atomic E-state index is 0.114. The summed E-state index contributed by atoms with van der Waals surface area (Å²) in [4.78, 5) is 0. The van der Waals surface area contributed by atoms with E-state index in [1.165, 1.54) is 0 Å². The smallest absolute Gasteiger partial charge is 0.410 e. The second-order valence-electron chi connectivity index (χ2n) is 4.49. The monoisotopic (exact) mass is 181 g/mol. The Morgan fingerprint density at radius 2 is 2.00 bits per heavy atom. The fraction of sp³-hybridized carbons (Fsp3) is 0.889. The van der Waals surface area contributed by atoms with Crippen molar-refractivity contribution in [2.75, 3.05) is 13.2 Å². The molecule has 1 fully saturated rings. The Labute approximate surface area is 80.2 Å². The van der Waals surface area contributed by atoms with Crippen LogP contribution in [0.2, 0.25) is 5.82 Å². The van der Waals surface area contributed by atoms with Crippen LogP contribution in [0.25, 0.3) is 0 Å². The molecule has 0 aromatic rings. The van der Waals surface area contributed by atoms with Crippen molar-refractivity contribution in [2.24, 2.45) is 5.41 Å². The van der Waals surface area contributed by atoms with Crippen LogP contribution in [0.1, 0.15) is 27.2 Å². The van der Waals surface area contributed by atoms with E-state index in [0.717, 1.165) is 0 Å². The molecule has 0 aliphatic carbocycles. The molecule has 3 nitrogen and oxygen atoms in total. The molecule has 0 aromatic heterocycles. The quantitative estimate of drug-likeness (QED) is 0.610. The summed E-state index contributed by atoms with van der Waals surface area (Å²) in [6.45, 7) is 7.63. The van der Waals surface area contributed by atoms with Crippen LogP contribution in [0.3, 0.4) is 0 Å². The van der Waals surface area contributed by atoms with E-state index >= 15 is 0 Å². The Balaban J connectivity index is 2.37. The van der Waals surface area contributed by atoms with Crippen LogP contribution in [0, 0.1) is 16.7 Å². The lowest BCUT2D eigenvalue weighted by Gasteiger charge is -2.34. The second-order valence-corrected chi connectivity index (χ2v) is 4.49. The zero-order valence-electron chi connectivity index (χ0n) is 8.54. The van der Waals surface area contributed by atoms with Crippen molar-refractivity contribution in [3.05, 3.63) is 0 Å². The van der Waals surface area contributed by atoms with Crippen molar-refractivity contribution in [1.82, 2.24) is 0 Å². The highest BCUT2D eigenvalue weighted by atomic mass is 16.6. The van der Waals surface area contributed by atoms with Crippen LogP contribution in [-0.4, -0.2) is 20.3 Å². The van der Waals surface area contributed by atoms with Gasteiger partial charge in [-0.15, -0.1) is 0 Å². The molecule has 0 spiro atoms. The summed E-state index contributed by atoms with van der Waals surface area (Å²) >= 11 is 0. The van der Waals surface area contributed by atoms with Gasteiger partial charge < -0.3 is 9.31 Å². The average Bonchev–Trinajstić information content (AvgIpc) is 2.04. The van der Waals surface area contributed by atoms with Crippen molar-refractivity contribution in [2.45, 2.75) is 33.0 Å². The maximum Gasteiger partial charge on any atom is 0.460 e. The summed E-state index contributed by atoms with van der Waals surface area (Å²) in [5, 5.41) is 8.51. The molecule has 0 N–H and O–H groups in total. The molecule has 1 aliphatic rings. The average molecular weight is 181 g/mol. The summed E-state index contributed by atoms with van der Waals surface area (Å²) in [5.74, 6) is 0.168. The van der Waals surface area contributed by atoms with Crippen molar-refractivity contribution < 1.29 is 9.31 Å². The first-order chi connectivity index (χ1) is 6.05. The maximum atomic E-state index is 8.51. The molecule has 4 heteroatoms. The molecule has 0 radical (unpaired) electrons. The molecule has 0 bridgehead atoms. The van der Waals surface area contributed by atoms with E-state index in [9.17, 15) is 0 Å². The first-order valence-corrected chi connectivity index (χ1v) is 4.65. The highest BCUT2D eigenvalue weighted by Gasteiger charge is 2.35. The fourth-order valence-corrected chi connectivity index (χ4v) is 1.27. The van der Waals surface area contributed by atoms with Crippen LogP contribution in [0.4, 0.5) is 0 Å². The number of nitrogens with zero attached hydrogens (tertiary/aromatic N) is 1. The van der Waals surface area contributed by atoms with E-state index in [4.69, 9.17) is 14.6 Å². The Morgan fingerprint density at radius 3 is 2.46 bits per heavy atom. The molecule has 1 unspecified atom stereocenters. The molecule has 0 saturated carbocycles. The van der Waals surface area contributed by atoms with Crippen LogP contribution in [0.5, 0.6) is 0 Å². The molecule has 0 amide bonds. The lowest BCUT2D eigenvalue weighted by atomic mass is 9.69. The Kier molecular flexibility index (Phi) is 3.35. The fourth-order valence-electron chi connectivity index (χ4n) is 1.27. The first-order valence-electron chi connectivity index (χ1n) is 4.65. The predicted molar refractivity (Wildman–Crippen MR) is 51.1 cm³/mol. The van der Waals surface area contributed by atoms with Crippen LogP contribution < -0.4 is 0 Å². The highest BCUT2D eigenvalue weighted by molar-refractivity contribution is 6.46. The first kappa shape index (κ1) is 10.6. The molecule has 1 saturated heterocycles. The largest absolute Gasteiger partial charge is 0.460 e. The Morgan fingerprint density at radius 1 is 1.46 bits per heavy atom. The number of hydrogen-bond donors (Lipinski definition) is 0. The van der Waals surface area contributed by atoms with E-state index in [2.05, 4.69) is 19.9 Å². The van der Waals surface area contributed by atoms with E-state index in [1.54, 1.807) is 0 Å². The van der Waals surface area contributed by atoms with E-state index in [-0.39, 0.29) is 18.4 Å². The minimum atomic E-state index is -0.187. The van der Waals surface area contributed by atoms with Crippen LogP contribution >= 0.6 is 0 Å². The van der Waals surface area contributed by atoms with Gasteiger partial charge in [-0.1, -0.05) is 20.8 Å². The van der Waals surface area contributed by atoms with Crippen molar-refractivity contribution >= 4 is 7.12 Å². The third-order valence-corrected chi connectivity index (χ3v) is 2.15. The highest BCUT2D eigenvalue weighted by Crippen LogP contribution is 2.26. The zero-order chi connectivity index (χ0) is 9.90. The Bertz CT molecular complexity index is 202. The predicted octanol–water partition coefficient (Wildman–Crippen LogP) is 1.85. The van der Waals surface area contributed by atoms with Crippen molar-refractivity contribution in [3.63, 3.8) is 0 Å². The van der Waals surface area contributed by atoms with Crippen molar-refractivity contribution in [3.8, 4) is 6.07 Å². The van der Waals surface area contributed by atoms with Gasteiger partial charge in [0, 0.05) is 30.9 Å². The molecule has 13 heavy (non-hydrogen) atoms. The SMILES string of the molecule is CC(CC#N)B1OCC(C)(C)CO1. The van der Waals surface area contributed by atoms with E-state index in [0.29, 0.717) is 19.6 Å². The lowest BCUT2D eigenvalue weighted by molar-refractivity contribution is 0.0247. The van der Waals surface area contributed by atoms with Crippen molar-refractivity contribution in [1.29, 1.82) is 5.26 Å². The summed E-state index contributed by atoms with van der Waals surface area (Å²) in [7, 11) is -0.187. The van der Waals surface area contributed by atoms with Gasteiger partial charge in [-0.25, -0.2) is 0 Å². The summed E-state index contributed by atoms with van der Waals surface area (Å²) in [6.07, 6.45) is 0.491. The minimum Gasteiger partial charge on any atom is -0.410 e. The second kappa shape index (κ2) is 4.12. The van der Waals surface area contributed by atoms with Gasteiger partial charge >= 0.3 is 7.12 Å². The molecule has 72 valence electrons. The lowest BCUT2D eigenvalue weighted by Crippen LogP contribution is -2.42. The molecule has 1 rings (SSSR count). The topological polar surface area (TPSA) is 42.2 Å². The number of nitriles is 1. The number of rotatable bonds is 2. The van der Waals surface area contributed by atoms with Gasteiger partial charge in [-0.05, 0) is 0 Å². The van der Waals surface area contributed by atoms with Gasteiger partial charge in [0.25, 0.3) is 0 Å². The molecular formula is C9H16BNO2. The normalized spacial score (nSPS) is 23.7. The summed E-state index contributed by atoms with van der Waals surface area (Å²) in [6, 6.07) is 2.13. The number of hydrogen-bond acceptors (Lipinski definition) is 3. The van der Waals surface area contributed by atoms with E-state index in [1.807, 2.05) is 6.92 Å². The van der Waals surface area contributed by atoms with Gasteiger partial charge in [0.2, 0.25) is 0 Å². The molecule has 1 heterocycles. The van der Waals surface area contributed by atoms with Gasteiger partial charge in [0.1, 0.15) is 0 Å². The maximum absolute atomic E-state index is 8.51. The van der Waals surface area contributed by atoms with E-state index < -0.39 is 0 Å². The standard InChI is InChI=1S/C9H16BNO2/c1-8(4-5-11)10-12-6-9(2,3)7-13-10/h8H,4,6-7H2,1-3H3. The van der Waals surface area contributed by atoms with Gasteiger partial charge in [-0.3, -0.25) is 0 Å². The zero-order valence-corrected chi connectivity index (χ0v) is 8.54. The van der Waals surface area contributed by atoms with Crippen LogP contribution in [-0.2, 0) is 9.31 Å². The van der Waals surface area contributed by atoms with Crippen LogP contribution in [0.15, 0.2) is 0 Å². The molecular weight excluding hydrogens is 165 g/mol. The van der Waals surface area contributed by atoms with Gasteiger partial charge in [0.15, 0.2) is 0 Å². The molecule has 1 aliphatic heterocycles. The summed E-state index contributed by atoms with van der Waals surface area (Å²) in [5.41, 5.74) is 0.114. The molecule has 1 atom stereocenters. The summed E-state index contributed by atoms with van der Waals surface area (Å²) < 4.78 is 11.1. The van der Waals surface area contributed by atoms with Gasteiger partial charge in [-0.2, -0.15) is 5.26 Å². The third-order valence-electron chi connectivity index (χ3n) is 2.15.